The highest BCUT2D eigenvalue weighted by Gasteiger charge is 2.33. The zero-order valence-electron chi connectivity index (χ0n) is 11.8. The van der Waals surface area contributed by atoms with Crippen LogP contribution in [0.5, 0.6) is 0 Å². The van der Waals surface area contributed by atoms with Gasteiger partial charge in [0.05, 0.1) is 0 Å². The van der Waals surface area contributed by atoms with Gasteiger partial charge in [-0.2, -0.15) is 0 Å². The maximum atomic E-state index is 12.0. The third-order valence-corrected chi connectivity index (χ3v) is 4.09. The molecule has 0 aliphatic heterocycles. The normalized spacial score (nSPS) is 19.7. The molecule has 0 heterocycles. The van der Waals surface area contributed by atoms with Crippen LogP contribution in [0.4, 0.5) is 0 Å². The summed E-state index contributed by atoms with van der Waals surface area (Å²) < 4.78 is 0. The standard InChI is InChI=1S/C14H26N2O3/c1-2-6-11(13(18)19)16-12(17)9-14(10-15)7-4-3-5-8-14/h11H,2-10,15H2,1H3,(H,16,17)(H,18,19)/t11-/m1/s1. The summed E-state index contributed by atoms with van der Waals surface area (Å²) in [5, 5.41) is 11.7. The Morgan fingerprint density at radius 2 is 1.95 bits per heavy atom. The Morgan fingerprint density at radius 1 is 1.32 bits per heavy atom. The van der Waals surface area contributed by atoms with Gasteiger partial charge in [-0.25, -0.2) is 4.79 Å². The lowest BCUT2D eigenvalue weighted by Gasteiger charge is -2.35. The molecule has 0 saturated heterocycles. The Bertz CT molecular complexity index is 312. The van der Waals surface area contributed by atoms with Gasteiger partial charge in [-0.1, -0.05) is 32.6 Å². The lowest BCUT2D eigenvalue weighted by molar-refractivity contribution is -0.142. The summed E-state index contributed by atoms with van der Waals surface area (Å²) in [4.78, 5) is 23.1. The average Bonchev–Trinajstić information content (AvgIpc) is 2.39. The van der Waals surface area contributed by atoms with E-state index in [1.807, 2.05) is 6.92 Å². The number of hydrogen-bond donors (Lipinski definition) is 3. The van der Waals surface area contributed by atoms with Crippen LogP contribution in [0.1, 0.15) is 58.3 Å². The van der Waals surface area contributed by atoms with Crippen molar-refractivity contribution in [3.63, 3.8) is 0 Å². The Balaban J connectivity index is 2.54. The minimum atomic E-state index is -0.958. The van der Waals surface area contributed by atoms with Crippen molar-refractivity contribution in [2.75, 3.05) is 6.54 Å². The summed E-state index contributed by atoms with van der Waals surface area (Å²) in [6.07, 6.45) is 6.94. The van der Waals surface area contributed by atoms with Crippen LogP contribution in [-0.4, -0.2) is 29.6 Å². The molecule has 1 aliphatic carbocycles. The fourth-order valence-electron chi connectivity index (χ4n) is 2.89. The number of carbonyl (C=O) groups excluding carboxylic acids is 1. The summed E-state index contributed by atoms with van der Waals surface area (Å²) in [6, 6.07) is -0.768. The first kappa shape index (κ1) is 16.0. The number of rotatable bonds is 7. The van der Waals surface area contributed by atoms with E-state index in [2.05, 4.69) is 5.32 Å². The maximum absolute atomic E-state index is 12.0. The van der Waals surface area contributed by atoms with Crippen LogP contribution in [0.3, 0.4) is 0 Å². The average molecular weight is 270 g/mol. The van der Waals surface area contributed by atoms with Gasteiger partial charge < -0.3 is 16.2 Å². The van der Waals surface area contributed by atoms with E-state index >= 15 is 0 Å². The van der Waals surface area contributed by atoms with Crippen molar-refractivity contribution < 1.29 is 14.7 Å². The highest BCUT2D eigenvalue weighted by Crippen LogP contribution is 2.38. The number of hydrogen-bond acceptors (Lipinski definition) is 3. The molecule has 4 N–H and O–H groups in total. The first-order chi connectivity index (χ1) is 9.03. The number of aliphatic carboxylic acids is 1. The molecule has 1 rings (SSSR count). The lowest BCUT2D eigenvalue weighted by Crippen LogP contribution is -2.44. The lowest BCUT2D eigenvalue weighted by atomic mass is 9.71. The number of carboxylic acid groups (broad SMARTS) is 1. The Hall–Kier alpha value is -1.10. The molecule has 1 fully saturated rings. The van der Waals surface area contributed by atoms with Crippen molar-refractivity contribution >= 4 is 11.9 Å². The molecule has 0 unspecified atom stereocenters. The van der Waals surface area contributed by atoms with Crippen LogP contribution in [0.2, 0.25) is 0 Å². The molecule has 1 atom stereocenters. The molecular formula is C14H26N2O3. The molecule has 0 spiro atoms. The summed E-state index contributed by atoms with van der Waals surface area (Å²) in [5.41, 5.74) is 5.73. The molecule has 0 radical (unpaired) electrons. The quantitative estimate of drug-likeness (QED) is 0.656. The molecule has 110 valence electrons. The van der Waals surface area contributed by atoms with Gasteiger partial charge in [0.25, 0.3) is 0 Å². The third kappa shape index (κ3) is 4.82. The second-order valence-electron chi connectivity index (χ2n) is 5.69. The summed E-state index contributed by atoms with van der Waals surface area (Å²) >= 11 is 0. The van der Waals surface area contributed by atoms with Crippen molar-refractivity contribution in [1.29, 1.82) is 0 Å². The molecular weight excluding hydrogens is 244 g/mol. The fourth-order valence-corrected chi connectivity index (χ4v) is 2.89. The van der Waals surface area contributed by atoms with Crippen molar-refractivity contribution in [2.24, 2.45) is 11.1 Å². The minimum Gasteiger partial charge on any atom is -0.480 e. The largest absolute Gasteiger partial charge is 0.480 e. The Labute approximate surface area is 114 Å². The minimum absolute atomic E-state index is 0.113. The van der Waals surface area contributed by atoms with Crippen molar-refractivity contribution in [1.82, 2.24) is 5.32 Å². The smallest absolute Gasteiger partial charge is 0.326 e. The molecule has 0 aromatic carbocycles. The van der Waals surface area contributed by atoms with E-state index < -0.39 is 12.0 Å². The molecule has 0 bridgehead atoms. The van der Waals surface area contributed by atoms with Crippen LogP contribution < -0.4 is 11.1 Å². The Morgan fingerprint density at radius 3 is 2.42 bits per heavy atom. The van der Waals surface area contributed by atoms with Crippen LogP contribution >= 0.6 is 0 Å². The van der Waals surface area contributed by atoms with Gasteiger partial charge in [0.1, 0.15) is 6.04 Å². The molecule has 1 aliphatic rings. The second-order valence-corrected chi connectivity index (χ2v) is 5.69. The van der Waals surface area contributed by atoms with Gasteiger partial charge in [0.15, 0.2) is 0 Å². The van der Waals surface area contributed by atoms with Crippen LogP contribution in [0.15, 0.2) is 0 Å². The van der Waals surface area contributed by atoms with Crippen LogP contribution in [-0.2, 0) is 9.59 Å². The van der Waals surface area contributed by atoms with Gasteiger partial charge in [0, 0.05) is 6.42 Å². The van der Waals surface area contributed by atoms with Crippen LogP contribution in [0.25, 0.3) is 0 Å². The number of amides is 1. The predicted molar refractivity (Wildman–Crippen MR) is 73.7 cm³/mol. The van der Waals surface area contributed by atoms with Crippen LogP contribution in [0, 0.1) is 5.41 Å². The summed E-state index contributed by atoms with van der Waals surface area (Å²) in [7, 11) is 0. The first-order valence-electron chi connectivity index (χ1n) is 7.25. The topological polar surface area (TPSA) is 92.4 Å². The van der Waals surface area contributed by atoms with Crippen molar-refractivity contribution in [2.45, 2.75) is 64.3 Å². The van der Waals surface area contributed by atoms with E-state index in [9.17, 15) is 9.59 Å². The van der Waals surface area contributed by atoms with Gasteiger partial charge in [-0.05, 0) is 31.2 Å². The van der Waals surface area contributed by atoms with Gasteiger partial charge >= 0.3 is 5.97 Å². The fraction of sp³-hybridized carbons (Fsp3) is 0.857. The highest BCUT2D eigenvalue weighted by molar-refractivity contribution is 5.83. The number of nitrogens with two attached hydrogens (primary N) is 1. The van der Waals surface area contributed by atoms with E-state index in [-0.39, 0.29) is 11.3 Å². The van der Waals surface area contributed by atoms with Crippen molar-refractivity contribution in [3.05, 3.63) is 0 Å². The zero-order chi connectivity index (χ0) is 14.3. The molecule has 0 aromatic rings. The number of carbonyl (C=O) groups is 2. The molecule has 1 amide bonds. The third-order valence-electron chi connectivity index (χ3n) is 4.09. The molecule has 19 heavy (non-hydrogen) atoms. The van der Waals surface area contributed by atoms with E-state index in [0.717, 1.165) is 32.1 Å². The predicted octanol–water partition coefficient (Wildman–Crippen LogP) is 1.66. The highest BCUT2D eigenvalue weighted by atomic mass is 16.4. The second kappa shape index (κ2) is 7.48. The summed E-state index contributed by atoms with van der Waals surface area (Å²) in [6.45, 7) is 2.41. The van der Waals surface area contributed by atoms with E-state index in [1.165, 1.54) is 6.42 Å². The molecule has 5 nitrogen and oxygen atoms in total. The summed E-state index contributed by atoms with van der Waals surface area (Å²) in [5.74, 6) is -1.13. The van der Waals surface area contributed by atoms with E-state index in [0.29, 0.717) is 19.4 Å². The Kier molecular flexibility index (Phi) is 6.28. The molecule has 1 saturated carbocycles. The maximum Gasteiger partial charge on any atom is 0.326 e. The van der Waals surface area contributed by atoms with Gasteiger partial charge in [-0.15, -0.1) is 0 Å². The van der Waals surface area contributed by atoms with Gasteiger partial charge in [-0.3, -0.25) is 4.79 Å². The van der Waals surface area contributed by atoms with Crippen molar-refractivity contribution in [3.8, 4) is 0 Å². The van der Waals surface area contributed by atoms with E-state index in [1.54, 1.807) is 0 Å². The number of carboxylic acids is 1. The molecule has 5 heteroatoms. The molecule has 0 aromatic heterocycles. The number of nitrogens with one attached hydrogen (secondary N) is 1. The van der Waals surface area contributed by atoms with Gasteiger partial charge in [0.2, 0.25) is 5.91 Å². The van der Waals surface area contributed by atoms with E-state index in [4.69, 9.17) is 10.8 Å². The SMILES string of the molecule is CCC[C@@H](NC(=O)CC1(CN)CCCCC1)C(=O)O. The monoisotopic (exact) mass is 270 g/mol. The first-order valence-corrected chi connectivity index (χ1v) is 7.25. The zero-order valence-corrected chi connectivity index (χ0v) is 11.8.